The molecule has 0 atom stereocenters. The molecular formula is C17H19N3OS2. The molecule has 4 nitrogen and oxygen atoms in total. The van der Waals surface area contributed by atoms with Gasteiger partial charge in [-0.25, -0.2) is 4.98 Å². The Hall–Kier alpha value is -1.92. The van der Waals surface area contributed by atoms with Crippen molar-refractivity contribution in [2.45, 2.75) is 33.9 Å². The van der Waals surface area contributed by atoms with E-state index in [1.807, 2.05) is 33.0 Å². The molecule has 3 heterocycles. The highest BCUT2D eigenvalue weighted by Gasteiger charge is 2.16. The number of nitrogens with one attached hydrogen (secondary N) is 1. The third-order valence-electron chi connectivity index (χ3n) is 3.80. The van der Waals surface area contributed by atoms with Crippen molar-refractivity contribution in [3.05, 3.63) is 61.5 Å². The number of carbonyl (C=O) groups excluding carboxylic acids is 1. The molecule has 0 fully saturated rings. The predicted octanol–water partition coefficient (Wildman–Crippen LogP) is 3.91. The van der Waals surface area contributed by atoms with Crippen molar-refractivity contribution in [3.63, 3.8) is 0 Å². The Kier molecular flexibility index (Phi) is 4.63. The Bertz CT molecular complexity index is 815. The zero-order chi connectivity index (χ0) is 16.4. The van der Waals surface area contributed by atoms with E-state index in [1.165, 1.54) is 4.88 Å². The zero-order valence-corrected chi connectivity index (χ0v) is 15.1. The molecule has 3 aromatic rings. The molecule has 0 bridgehead atoms. The highest BCUT2D eigenvalue weighted by molar-refractivity contribution is 7.11. The molecule has 0 unspecified atom stereocenters. The van der Waals surface area contributed by atoms with Gasteiger partial charge in [-0.05, 0) is 38.3 Å². The molecule has 0 saturated heterocycles. The van der Waals surface area contributed by atoms with E-state index in [1.54, 1.807) is 22.7 Å². The third kappa shape index (κ3) is 3.54. The number of hydrogen-bond donors (Lipinski definition) is 1. The third-order valence-corrected chi connectivity index (χ3v) is 5.58. The fraction of sp³-hybridized carbons (Fsp3) is 0.294. The number of aryl methyl sites for hydroxylation is 2. The molecule has 1 amide bonds. The van der Waals surface area contributed by atoms with Crippen molar-refractivity contribution < 1.29 is 4.79 Å². The molecule has 1 N–H and O–H groups in total. The van der Waals surface area contributed by atoms with Crippen LogP contribution < -0.4 is 5.32 Å². The molecule has 0 spiro atoms. The van der Waals surface area contributed by atoms with Crippen LogP contribution in [0.1, 0.15) is 36.5 Å². The van der Waals surface area contributed by atoms with Crippen LogP contribution in [0.2, 0.25) is 0 Å². The smallest absolute Gasteiger partial charge is 0.253 e. The van der Waals surface area contributed by atoms with Crippen LogP contribution in [0.4, 0.5) is 0 Å². The van der Waals surface area contributed by atoms with Crippen LogP contribution in [-0.4, -0.2) is 15.5 Å². The second-order valence-corrected chi connectivity index (χ2v) is 7.83. The Morgan fingerprint density at radius 3 is 2.78 bits per heavy atom. The standard InChI is InChI=1S/C17H19N3OS2/c1-11-7-16(12(2)20(11)10-14-5-4-6-22-14)17(21)19-9-15-8-18-13(3)23-15/h4-8H,9-10H2,1-3H3,(H,19,21). The lowest BCUT2D eigenvalue weighted by Gasteiger charge is -2.08. The molecular weight excluding hydrogens is 326 g/mol. The molecule has 0 aliphatic heterocycles. The minimum absolute atomic E-state index is 0.0263. The lowest BCUT2D eigenvalue weighted by Crippen LogP contribution is -2.23. The molecule has 6 heteroatoms. The van der Waals surface area contributed by atoms with E-state index in [9.17, 15) is 4.79 Å². The van der Waals surface area contributed by atoms with Crippen molar-refractivity contribution in [2.75, 3.05) is 0 Å². The number of thiazole rings is 1. The molecule has 0 saturated carbocycles. The molecule has 23 heavy (non-hydrogen) atoms. The molecule has 0 aliphatic rings. The van der Waals surface area contributed by atoms with Crippen molar-refractivity contribution in [2.24, 2.45) is 0 Å². The van der Waals surface area contributed by atoms with Crippen LogP contribution in [-0.2, 0) is 13.1 Å². The van der Waals surface area contributed by atoms with Gasteiger partial charge in [0.25, 0.3) is 5.91 Å². The van der Waals surface area contributed by atoms with E-state index in [0.29, 0.717) is 6.54 Å². The molecule has 3 aromatic heterocycles. The average Bonchev–Trinajstić information content (AvgIpc) is 3.23. The van der Waals surface area contributed by atoms with Gasteiger partial charge in [-0.1, -0.05) is 6.07 Å². The number of hydrogen-bond acceptors (Lipinski definition) is 4. The number of carbonyl (C=O) groups is 1. The van der Waals surface area contributed by atoms with Gasteiger partial charge in [-0.15, -0.1) is 22.7 Å². The maximum atomic E-state index is 12.5. The van der Waals surface area contributed by atoms with E-state index < -0.39 is 0 Å². The zero-order valence-electron chi connectivity index (χ0n) is 13.4. The van der Waals surface area contributed by atoms with Gasteiger partial charge in [0, 0.05) is 27.3 Å². The lowest BCUT2D eigenvalue weighted by molar-refractivity contribution is 0.0950. The highest BCUT2D eigenvalue weighted by atomic mass is 32.1. The quantitative estimate of drug-likeness (QED) is 0.762. The van der Waals surface area contributed by atoms with Crippen LogP contribution in [0, 0.1) is 20.8 Å². The molecule has 120 valence electrons. The van der Waals surface area contributed by atoms with E-state index >= 15 is 0 Å². The van der Waals surface area contributed by atoms with Crippen molar-refractivity contribution in [1.29, 1.82) is 0 Å². The van der Waals surface area contributed by atoms with E-state index in [-0.39, 0.29) is 5.91 Å². The first-order valence-corrected chi connectivity index (χ1v) is 9.13. The minimum Gasteiger partial charge on any atom is -0.347 e. The maximum Gasteiger partial charge on any atom is 0.253 e. The van der Waals surface area contributed by atoms with Crippen molar-refractivity contribution in [3.8, 4) is 0 Å². The van der Waals surface area contributed by atoms with Gasteiger partial charge in [-0.2, -0.15) is 0 Å². The summed E-state index contributed by atoms with van der Waals surface area (Å²) in [5.41, 5.74) is 2.86. The first kappa shape index (κ1) is 16.0. The monoisotopic (exact) mass is 345 g/mol. The molecule has 0 aromatic carbocycles. The summed E-state index contributed by atoms with van der Waals surface area (Å²) in [5, 5.41) is 6.08. The van der Waals surface area contributed by atoms with Crippen molar-refractivity contribution in [1.82, 2.24) is 14.9 Å². The summed E-state index contributed by atoms with van der Waals surface area (Å²) >= 11 is 3.35. The predicted molar refractivity (Wildman–Crippen MR) is 95.3 cm³/mol. The molecule has 0 aliphatic carbocycles. The van der Waals surface area contributed by atoms with E-state index in [0.717, 1.165) is 33.4 Å². The van der Waals surface area contributed by atoms with Crippen LogP contribution in [0.15, 0.2) is 29.8 Å². The Morgan fingerprint density at radius 1 is 1.30 bits per heavy atom. The Labute approximate surface area is 143 Å². The summed E-state index contributed by atoms with van der Waals surface area (Å²) in [6.45, 7) is 7.36. The van der Waals surface area contributed by atoms with Crippen molar-refractivity contribution >= 4 is 28.6 Å². The largest absolute Gasteiger partial charge is 0.347 e. The summed E-state index contributed by atoms with van der Waals surface area (Å²) in [4.78, 5) is 19.0. The first-order valence-electron chi connectivity index (χ1n) is 7.43. The van der Waals surface area contributed by atoms with Gasteiger partial charge in [0.05, 0.1) is 23.7 Å². The second kappa shape index (κ2) is 6.68. The lowest BCUT2D eigenvalue weighted by atomic mass is 10.2. The number of thiophene rings is 1. The van der Waals surface area contributed by atoms with Crippen LogP contribution in [0.25, 0.3) is 0 Å². The van der Waals surface area contributed by atoms with Gasteiger partial charge in [0.2, 0.25) is 0 Å². The molecule has 0 radical (unpaired) electrons. The fourth-order valence-electron chi connectivity index (χ4n) is 2.58. The van der Waals surface area contributed by atoms with Gasteiger partial charge >= 0.3 is 0 Å². The fourth-order valence-corrected chi connectivity index (χ4v) is 4.01. The second-order valence-electron chi connectivity index (χ2n) is 5.48. The van der Waals surface area contributed by atoms with Gasteiger partial charge in [-0.3, -0.25) is 4.79 Å². The van der Waals surface area contributed by atoms with Crippen LogP contribution in [0.3, 0.4) is 0 Å². The van der Waals surface area contributed by atoms with E-state index in [4.69, 9.17) is 0 Å². The SMILES string of the molecule is Cc1ncc(CNC(=O)c2cc(C)n(Cc3cccs3)c2C)s1. The Balaban J connectivity index is 1.73. The summed E-state index contributed by atoms with van der Waals surface area (Å²) in [6.07, 6.45) is 1.82. The van der Waals surface area contributed by atoms with Gasteiger partial charge in [0.15, 0.2) is 0 Å². The number of rotatable bonds is 5. The summed E-state index contributed by atoms with van der Waals surface area (Å²) < 4.78 is 2.19. The average molecular weight is 345 g/mol. The first-order chi connectivity index (χ1) is 11.0. The summed E-state index contributed by atoms with van der Waals surface area (Å²) in [6, 6.07) is 6.14. The Morgan fingerprint density at radius 2 is 2.13 bits per heavy atom. The number of aromatic nitrogens is 2. The summed E-state index contributed by atoms with van der Waals surface area (Å²) in [5.74, 6) is -0.0263. The van der Waals surface area contributed by atoms with Crippen LogP contribution in [0.5, 0.6) is 0 Å². The van der Waals surface area contributed by atoms with E-state index in [2.05, 4.69) is 32.4 Å². The minimum atomic E-state index is -0.0263. The maximum absolute atomic E-state index is 12.5. The van der Waals surface area contributed by atoms with Gasteiger partial charge in [0.1, 0.15) is 0 Å². The number of nitrogens with zero attached hydrogens (tertiary/aromatic N) is 2. The molecule has 3 rings (SSSR count). The summed E-state index contributed by atoms with van der Waals surface area (Å²) in [7, 11) is 0. The van der Waals surface area contributed by atoms with Gasteiger partial charge < -0.3 is 9.88 Å². The van der Waals surface area contributed by atoms with Crippen LogP contribution >= 0.6 is 22.7 Å². The highest BCUT2D eigenvalue weighted by Crippen LogP contribution is 2.19. The topological polar surface area (TPSA) is 46.9 Å². The number of amides is 1. The normalized spacial score (nSPS) is 10.9.